The molecule has 1 amide bonds. The van der Waals surface area contributed by atoms with Gasteiger partial charge < -0.3 is 10.1 Å². The lowest BCUT2D eigenvalue weighted by Crippen LogP contribution is -2.40. The van der Waals surface area contributed by atoms with Crippen LogP contribution in [0.5, 0.6) is 6.01 Å². The Morgan fingerprint density at radius 2 is 1.69 bits per heavy atom. The first kappa shape index (κ1) is 19.4. The molecule has 29 heavy (non-hydrogen) atoms. The number of fused-ring (bicyclic) bond motifs is 1. The molecule has 0 bridgehead atoms. The van der Waals surface area contributed by atoms with Crippen LogP contribution in [0.1, 0.15) is 42.6 Å². The van der Waals surface area contributed by atoms with Gasteiger partial charge in [0.15, 0.2) is 0 Å². The van der Waals surface area contributed by atoms with E-state index >= 15 is 0 Å². The summed E-state index contributed by atoms with van der Waals surface area (Å²) in [7, 11) is 0. The van der Waals surface area contributed by atoms with Gasteiger partial charge in [0, 0.05) is 17.4 Å². The number of carbonyl (C=O) groups excluding carboxylic acids is 1. The highest BCUT2D eigenvalue weighted by molar-refractivity contribution is 5.90. The van der Waals surface area contributed by atoms with Crippen molar-refractivity contribution in [3.05, 3.63) is 65.5 Å². The van der Waals surface area contributed by atoms with Crippen LogP contribution >= 0.6 is 0 Å². The molecular formula is C24H27N3O2. The van der Waals surface area contributed by atoms with Gasteiger partial charge >= 0.3 is 6.01 Å². The van der Waals surface area contributed by atoms with Gasteiger partial charge in [-0.05, 0) is 61.9 Å². The number of hydrogen-bond acceptors (Lipinski definition) is 4. The van der Waals surface area contributed by atoms with Gasteiger partial charge in [0.2, 0.25) is 5.91 Å². The first-order valence-corrected chi connectivity index (χ1v) is 10.3. The average molecular weight is 389 g/mol. The predicted octanol–water partition coefficient (Wildman–Crippen LogP) is 4.30. The first-order valence-electron chi connectivity index (χ1n) is 10.3. The molecule has 150 valence electrons. The first-order chi connectivity index (χ1) is 14.1. The van der Waals surface area contributed by atoms with Crippen molar-refractivity contribution in [3.63, 3.8) is 0 Å². The highest BCUT2D eigenvalue weighted by Gasteiger charge is 2.24. The molecule has 0 aliphatic heterocycles. The summed E-state index contributed by atoms with van der Waals surface area (Å²) in [5.41, 5.74) is 2.91. The summed E-state index contributed by atoms with van der Waals surface area (Å²) in [5, 5.41) is 5.53. The van der Waals surface area contributed by atoms with Crippen molar-refractivity contribution in [3.8, 4) is 6.01 Å². The Morgan fingerprint density at radius 1 is 1.00 bits per heavy atom. The summed E-state index contributed by atoms with van der Waals surface area (Å²) < 4.78 is 5.98. The van der Waals surface area contributed by atoms with Crippen molar-refractivity contribution < 1.29 is 9.53 Å². The predicted molar refractivity (Wildman–Crippen MR) is 114 cm³/mol. The molecule has 1 aliphatic rings. The number of aromatic nitrogens is 2. The van der Waals surface area contributed by atoms with Crippen molar-refractivity contribution in [2.75, 3.05) is 0 Å². The summed E-state index contributed by atoms with van der Waals surface area (Å²) in [4.78, 5) is 21.3. The molecule has 3 aromatic rings. The van der Waals surface area contributed by atoms with E-state index in [0.717, 1.165) is 48.0 Å². The molecule has 5 heteroatoms. The Bertz CT molecular complexity index is 984. The third kappa shape index (κ3) is 4.91. The summed E-state index contributed by atoms with van der Waals surface area (Å²) in [6, 6.07) is 16.9. The zero-order valence-electron chi connectivity index (χ0n) is 17.0. The fourth-order valence-corrected chi connectivity index (χ4v) is 4.12. The zero-order chi connectivity index (χ0) is 20.2. The van der Waals surface area contributed by atoms with Crippen molar-refractivity contribution in [2.24, 2.45) is 0 Å². The van der Waals surface area contributed by atoms with Crippen LogP contribution in [0, 0.1) is 13.8 Å². The zero-order valence-corrected chi connectivity index (χ0v) is 17.0. The van der Waals surface area contributed by atoms with E-state index in [0.29, 0.717) is 12.4 Å². The molecule has 4 rings (SSSR count). The summed E-state index contributed by atoms with van der Waals surface area (Å²) >= 11 is 0. The molecule has 1 aliphatic carbocycles. The van der Waals surface area contributed by atoms with E-state index < -0.39 is 0 Å². The number of benzene rings is 2. The Balaban J connectivity index is 1.29. The van der Waals surface area contributed by atoms with E-state index in [-0.39, 0.29) is 18.1 Å². The lowest BCUT2D eigenvalue weighted by Gasteiger charge is -2.29. The maximum Gasteiger partial charge on any atom is 0.317 e. The molecule has 1 N–H and O–H groups in total. The molecule has 0 saturated heterocycles. The van der Waals surface area contributed by atoms with Crippen LogP contribution in [0.25, 0.3) is 10.8 Å². The standard InChI is InChI=1S/C24H27N3O2/c1-16-14-17(2)26-24(25-16)29-21-12-10-20(11-13-21)27-23(28)15-19-8-5-7-18-6-3-4-9-22(18)19/h3-9,14,20-21H,10-13,15H2,1-2H3,(H,27,28). The number of aryl methyl sites for hydroxylation is 2. The van der Waals surface area contributed by atoms with Gasteiger partial charge in [-0.15, -0.1) is 0 Å². The second kappa shape index (κ2) is 8.60. The third-order valence-electron chi connectivity index (χ3n) is 5.50. The van der Waals surface area contributed by atoms with Crippen LogP contribution in [-0.4, -0.2) is 28.0 Å². The minimum atomic E-state index is 0.0864. The quantitative estimate of drug-likeness (QED) is 0.707. The highest BCUT2D eigenvalue weighted by atomic mass is 16.5. The van der Waals surface area contributed by atoms with Gasteiger partial charge in [-0.25, -0.2) is 9.97 Å². The van der Waals surface area contributed by atoms with Crippen LogP contribution in [-0.2, 0) is 11.2 Å². The van der Waals surface area contributed by atoms with E-state index in [1.807, 2.05) is 44.2 Å². The number of hydrogen-bond donors (Lipinski definition) is 1. The van der Waals surface area contributed by atoms with Crippen molar-refractivity contribution in [1.29, 1.82) is 0 Å². The normalized spacial score (nSPS) is 19.1. The number of amides is 1. The fourth-order valence-electron chi connectivity index (χ4n) is 4.12. The van der Waals surface area contributed by atoms with E-state index in [2.05, 4.69) is 33.5 Å². The second-order valence-electron chi connectivity index (χ2n) is 7.91. The maximum absolute atomic E-state index is 12.6. The lowest BCUT2D eigenvalue weighted by molar-refractivity contribution is -0.121. The van der Waals surface area contributed by atoms with Gasteiger partial charge in [0.05, 0.1) is 6.42 Å². The molecule has 1 saturated carbocycles. The minimum absolute atomic E-state index is 0.0864. The second-order valence-corrected chi connectivity index (χ2v) is 7.91. The SMILES string of the molecule is Cc1cc(C)nc(OC2CCC(NC(=O)Cc3cccc4ccccc34)CC2)n1. The number of carbonyl (C=O) groups is 1. The molecule has 0 radical (unpaired) electrons. The van der Waals surface area contributed by atoms with Gasteiger partial charge in [-0.1, -0.05) is 42.5 Å². The largest absolute Gasteiger partial charge is 0.460 e. The number of nitrogens with one attached hydrogen (secondary N) is 1. The molecule has 0 atom stereocenters. The van der Waals surface area contributed by atoms with E-state index in [1.165, 1.54) is 5.39 Å². The van der Waals surface area contributed by atoms with Crippen LogP contribution in [0.15, 0.2) is 48.5 Å². The summed E-state index contributed by atoms with van der Waals surface area (Å²) in [6.45, 7) is 3.90. The molecule has 0 spiro atoms. The van der Waals surface area contributed by atoms with Crippen LogP contribution in [0.4, 0.5) is 0 Å². The minimum Gasteiger partial charge on any atom is -0.460 e. The van der Waals surface area contributed by atoms with Crippen LogP contribution in [0.3, 0.4) is 0 Å². The Hall–Kier alpha value is -2.95. The Kier molecular flexibility index (Phi) is 5.74. The third-order valence-corrected chi connectivity index (χ3v) is 5.50. The number of ether oxygens (including phenoxy) is 1. The van der Waals surface area contributed by atoms with Crippen molar-refractivity contribution in [1.82, 2.24) is 15.3 Å². The van der Waals surface area contributed by atoms with E-state index in [9.17, 15) is 4.79 Å². The molecule has 1 aromatic heterocycles. The van der Waals surface area contributed by atoms with Gasteiger partial charge in [-0.2, -0.15) is 0 Å². The van der Waals surface area contributed by atoms with Gasteiger partial charge in [-0.3, -0.25) is 4.79 Å². The number of nitrogens with zero attached hydrogens (tertiary/aromatic N) is 2. The average Bonchev–Trinajstić information content (AvgIpc) is 2.69. The highest BCUT2D eigenvalue weighted by Crippen LogP contribution is 2.23. The monoisotopic (exact) mass is 389 g/mol. The smallest absolute Gasteiger partial charge is 0.317 e. The molecule has 5 nitrogen and oxygen atoms in total. The molecule has 0 unspecified atom stereocenters. The molecule has 1 heterocycles. The van der Waals surface area contributed by atoms with E-state index in [1.54, 1.807) is 0 Å². The molecular weight excluding hydrogens is 362 g/mol. The van der Waals surface area contributed by atoms with Crippen LogP contribution < -0.4 is 10.1 Å². The van der Waals surface area contributed by atoms with E-state index in [4.69, 9.17) is 4.74 Å². The molecule has 1 fully saturated rings. The van der Waals surface area contributed by atoms with Crippen molar-refractivity contribution >= 4 is 16.7 Å². The molecule has 2 aromatic carbocycles. The Labute approximate surface area is 171 Å². The summed E-state index contributed by atoms with van der Waals surface area (Å²) in [5.74, 6) is 0.0864. The fraction of sp³-hybridized carbons (Fsp3) is 0.375. The van der Waals surface area contributed by atoms with Crippen molar-refractivity contribution in [2.45, 2.75) is 58.1 Å². The van der Waals surface area contributed by atoms with Gasteiger partial charge in [0.25, 0.3) is 0 Å². The Morgan fingerprint density at radius 3 is 2.45 bits per heavy atom. The van der Waals surface area contributed by atoms with Gasteiger partial charge in [0.1, 0.15) is 6.10 Å². The number of rotatable bonds is 5. The van der Waals surface area contributed by atoms with Crippen LogP contribution in [0.2, 0.25) is 0 Å². The maximum atomic E-state index is 12.6. The summed E-state index contributed by atoms with van der Waals surface area (Å²) in [6.07, 6.45) is 4.15. The topological polar surface area (TPSA) is 64.1 Å². The lowest BCUT2D eigenvalue weighted by atomic mass is 9.92.